The van der Waals surface area contributed by atoms with Gasteiger partial charge in [-0.15, -0.1) is 0 Å². The summed E-state index contributed by atoms with van der Waals surface area (Å²) < 4.78 is 5.56. The van der Waals surface area contributed by atoms with Crippen molar-refractivity contribution >= 4 is 28.3 Å². The van der Waals surface area contributed by atoms with Crippen molar-refractivity contribution in [3.8, 4) is 5.75 Å². The number of para-hydroxylation sites is 1. The first kappa shape index (κ1) is 19.1. The van der Waals surface area contributed by atoms with Crippen molar-refractivity contribution in [2.24, 2.45) is 0 Å². The van der Waals surface area contributed by atoms with Gasteiger partial charge in [-0.05, 0) is 24.3 Å². The molecule has 1 aliphatic heterocycles. The zero-order chi connectivity index (χ0) is 20.1. The smallest absolute Gasteiger partial charge is 0.254 e. The molecule has 0 unspecified atom stereocenters. The van der Waals surface area contributed by atoms with Crippen molar-refractivity contribution in [3.05, 3.63) is 76.8 Å². The highest BCUT2D eigenvalue weighted by Crippen LogP contribution is 2.29. The molecular weight excluding hydrogens is 386 g/mol. The molecule has 0 fully saturated rings. The SMILES string of the molecule is O=C(CCOc1ccccc1)Nc1nc2c(s1)CN(C(=O)c1ccccc1)CC2. The molecule has 148 valence electrons. The van der Waals surface area contributed by atoms with E-state index >= 15 is 0 Å². The normalized spacial score (nSPS) is 12.9. The van der Waals surface area contributed by atoms with Gasteiger partial charge in [0.2, 0.25) is 5.91 Å². The van der Waals surface area contributed by atoms with E-state index in [1.54, 1.807) is 0 Å². The molecule has 0 aliphatic carbocycles. The van der Waals surface area contributed by atoms with Gasteiger partial charge in [-0.25, -0.2) is 4.98 Å². The van der Waals surface area contributed by atoms with Gasteiger partial charge in [-0.2, -0.15) is 0 Å². The lowest BCUT2D eigenvalue weighted by Crippen LogP contribution is -2.35. The van der Waals surface area contributed by atoms with Crippen molar-refractivity contribution in [1.29, 1.82) is 0 Å². The van der Waals surface area contributed by atoms with Crippen molar-refractivity contribution in [1.82, 2.24) is 9.88 Å². The Kier molecular flexibility index (Phi) is 5.86. The van der Waals surface area contributed by atoms with Gasteiger partial charge < -0.3 is 15.0 Å². The van der Waals surface area contributed by atoms with Crippen LogP contribution in [-0.2, 0) is 17.8 Å². The fourth-order valence-electron chi connectivity index (χ4n) is 3.15. The van der Waals surface area contributed by atoms with Crippen molar-refractivity contribution in [2.45, 2.75) is 19.4 Å². The second-order valence-corrected chi connectivity index (χ2v) is 7.77. The van der Waals surface area contributed by atoms with Gasteiger partial charge in [0.05, 0.1) is 25.3 Å². The third-order valence-corrected chi connectivity index (χ3v) is 5.62. The largest absolute Gasteiger partial charge is 0.493 e. The number of nitrogens with zero attached hydrogens (tertiary/aromatic N) is 2. The van der Waals surface area contributed by atoms with Gasteiger partial charge in [-0.3, -0.25) is 9.59 Å². The van der Waals surface area contributed by atoms with Crippen LogP contribution in [0.4, 0.5) is 5.13 Å². The second kappa shape index (κ2) is 8.87. The standard InChI is InChI=1S/C22H21N3O3S/c26-20(12-14-28-17-9-5-2-6-10-17)24-22-23-18-11-13-25(15-19(18)29-22)21(27)16-7-3-1-4-8-16/h1-10H,11-15H2,(H,23,24,26). The summed E-state index contributed by atoms with van der Waals surface area (Å²) in [5.74, 6) is 0.630. The van der Waals surface area contributed by atoms with E-state index in [0.717, 1.165) is 16.3 Å². The second-order valence-electron chi connectivity index (χ2n) is 6.69. The Hall–Kier alpha value is -3.19. The van der Waals surface area contributed by atoms with E-state index < -0.39 is 0 Å². The highest BCUT2D eigenvalue weighted by molar-refractivity contribution is 7.15. The maximum atomic E-state index is 12.7. The predicted octanol–water partition coefficient (Wildman–Crippen LogP) is 3.75. The number of thiazole rings is 1. The summed E-state index contributed by atoms with van der Waals surface area (Å²) in [7, 11) is 0. The fraction of sp³-hybridized carbons (Fsp3) is 0.227. The first-order valence-corrected chi connectivity index (χ1v) is 10.3. The van der Waals surface area contributed by atoms with E-state index in [2.05, 4.69) is 10.3 Å². The van der Waals surface area contributed by atoms with Gasteiger partial charge in [0.15, 0.2) is 5.13 Å². The summed E-state index contributed by atoms with van der Waals surface area (Å²) in [5, 5.41) is 3.42. The van der Waals surface area contributed by atoms with Gasteiger partial charge in [0.25, 0.3) is 5.91 Å². The Bertz CT molecular complexity index is 989. The van der Waals surface area contributed by atoms with E-state index in [4.69, 9.17) is 4.74 Å². The van der Waals surface area contributed by atoms with Crippen LogP contribution in [0.5, 0.6) is 5.75 Å². The average molecular weight is 407 g/mol. The number of ether oxygens (including phenoxy) is 1. The van der Waals surface area contributed by atoms with Crippen LogP contribution in [-0.4, -0.2) is 34.8 Å². The monoisotopic (exact) mass is 407 g/mol. The summed E-state index contributed by atoms with van der Waals surface area (Å²) in [6.45, 7) is 1.46. The molecular formula is C22H21N3O3S. The molecule has 1 aromatic heterocycles. The number of hydrogen-bond donors (Lipinski definition) is 1. The number of carbonyl (C=O) groups is 2. The quantitative estimate of drug-likeness (QED) is 0.676. The van der Waals surface area contributed by atoms with Crippen molar-refractivity contribution in [2.75, 3.05) is 18.5 Å². The third-order valence-electron chi connectivity index (χ3n) is 4.63. The number of benzene rings is 2. The molecule has 0 spiro atoms. The summed E-state index contributed by atoms with van der Waals surface area (Å²) in [6, 6.07) is 18.7. The zero-order valence-corrected chi connectivity index (χ0v) is 16.7. The van der Waals surface area contributed by atoms with Gasteiger partial charge >= 0.3 is 0 Å². The Balaban J connectivity index is 1.31. The van der Waals surface area contributed by atoms with Crippen molar-refractivity contribution < 1.29 is 14.3 Å². The summed E-state index contributed by atoms with van der Waals surface area (Å²) in [4.78, 5) is 32.2. The molecule has 1 N–H and O–H groups in total. The molecule has 2 amide bonds. The maximum Gasteiger partial charge on any atom is 0.254 e. The number of aromatic nitrogens is 1. The third kappa shape index (κ3) is 4.81. The maximum absolute atomic E-state index is 12.7. The topological polar surface area (TPSA) is 71.5 Å². The number of anilines is 1. The summed E-state index contributed by atoms with van der Waals surface area (Å²) >= 11 is 1.43. The van der Waals surface area contributed by atoms with E-state index in [-0.39, 0.29) is 18.2 Å². The lowest BCUT2D eigenvalue weighted by Gasteiger charge is -2.26. The highest BCUT2D eigenvalue weighted by Gasteiger charge is 2.25. The lowest BCUT2D eigenvalue weighted by molar-refractivity contribution is -0.116. The van der Waals surface area contributed by atoms with E-state index in [1.807, 2.05) is 65.6 Å². The van der Waals surface area contributed by atoms with E-state index in [0.29, 0.717) is 36.8 Å². The molecule has 2 heterocycles. The lowest BCUT2D eigenvalue weighted by atomic mass is 10.1. The number of rotatable bonds is 6. The van der Waals surface area contributed by atoms with Crippen LogP contribution in [0.3, 0.4) is 0 Å². The molecule has 4 rings (SSSR count). The molecule has 0 atom stereocenters. The Morgan fingerprint density at radius 3 is 2.55 bits per heavy atom. The molecule has 2 aromatic carbocycles. The van der Waals surface area contributed by atoms with Gasteiger partial charge in [-0.1, -0.05) is 47.7 Å². The molecule has 1 aliphatic rings. The van der Waals surface area contributed by atoms with Crippen LogP contribution in [0.1, 0.15) is 27.3 Å². The average Bonchev–Trinajstić information content (AvgIpc) is 3.16. The van der Waals surface area contributed by atoms with Crippen LogP contribution < -0.4 is 10.1 Å². The zero-order valence-electron chi connectivity index (χ0n) is 15.8. The minimum absolute atomic E-state index is 0.0216. The summed E-state index contributed by atoms with van der Waals surface area (Å²) in [5.41, 5.74) is 1.65. The van der Waals surface area contributed by atoms with E-state index in [1.165, 1.54) is 11.3 Å². The Labute approximate surface area is 173 Å². The highest BCUT2D eigenvalue weighted by atomic mass is 32.1. The molecule has 6 nitrogen and oxygen atoms in total. The Morgan fingerprint density at radius 1 is 1.07 bits per heavy atom. The first-order valence-electron chi connectivity index (χ1n) is 9.49. The van der Waals surface area contributed by atoms with Crippen LogP contribution in [0, 0.1) is 0 Å². The van der Waals surface area contributed by atoms with Crippen LogP contribution >= 0.6 is 11.3 Å². The van der Waals surface area contributed by atoms with E-state index in [9.17, 15) is 9.59 Å². The van der Waals surface area contributed by atoms with Gasteiger partial charge in [0.1, 0.15) is 5.75 Å². The summed E-state index contributed by atoms with van der Waals surface area (Å²) in [6.07, 6.45) is 0.940. The Morgan fingerprint density at radius 2 is 1.79 bits per heavy atom. The van der Waals surface area contributed by atoms with Crippen LogP contribution in [0.25, 0.3) is 0 Å². The molecule has 0 saturated carbocycles. The number of amides is 2. The molecule has 0 radical (unpaired) electrons. The van der Waals surface area contributed by atoms with Gasteiger partial charge in [0, 0.05) is 23.4 Å². The molecule has 29 heavy (non-hydrogen) atoms. The minimum atomic E-state index is -0.135. The number of carbonyl (C=O) groups excluding carboxylic acids is 2. The fourth-order valence-corrected chi connectivity index (χ4v) is 4.19. The van der Waals surface area contributed by atoms with Crippen LogP contribution in [0.2, 0.25) is 0 Å². The number of hydrogen-bond acceptors (Lipinski definition) is 5. The molecule has 0 saturated heterocycles. The molecule has 3 aromatic rings. The first-order chi connectivity index (χ1) is 14.2. The van der Waals surface area contributed by atoms with Crippen molar-refractivity contribution in [3.63, 3.8) is 0 Å². The number of fused-ring (bicyclic) bond motifs is 1. The minimum Gasteiger partial charge on any atom is -0.493 e. The molecule has 0 bridgehead atoms. The number of nitrogens with one attached hydrogen (secondary N) is 1. The predicted molar refractivity (Wildman–Crippen MR) is 112 cm³/mol. The van der Waals surface area contributed by atoms with Crippen LogP contribution in [0.15, 0.2) is 60.7 Å². The molecule has 7 heteroatoms.